The molecule has 0 aromatic rings. The van der Waals surface area contributed by atoms with Crippen molar-refractivity contribution in [1.29, 1.82) is 0 Å². The molecule has 216 valence electrons. The minimum atomic E-state index is -0.477. The summed E-state index contributed by atoms with van der Waals surface area (Å²) in [6, 6.07) is 0. The summed E-state index contributed by atoms with van der Waals surface area (Å²) < 4.78 is 69.1. The Balaban J connectivity index is 3.03. The second-order valence-corrected chi connectivity index (χ2v) is 6.83. The summed E-state index contributed by atoms with van der Waals surface area (Å²) in [5.41, 5.74) is 0. The third-order valence-electron chi connectivity index (χ3n) is 4.02. The number of rotatable bonds is 31. The Kier molecular flexibility index (Phi) is 31.1. The molecule has 36 heavy (non-hydrogen) atoms. The summed E-state index contributed by atoms with van der Waals surface area (Å²) in [5.74, 6) is -0.410. The van der Waals surface area contributed by atoms with E-state index in [9.17, 15) is 9.18 Å². The van der Waals surface area contributed by atoms with Crippen LogP contribution in [0.15, 0.2) is 0 Å². The SMILES string of the molecule is COC(=O)COCCOCCOCCOCCOCCOCCOCCOCCOCCOCCF. The Morgan fingerprint density at radius 3 is 0.861 bits per heavy atom. The number of carbonyl (C=O) groups is 1. The van der Waals surface area contributed by atoms with E-state index in [1.807, 2.05) is 0 Å². The first-order valence-corrected chi connectivity index (χ1v) is 12.2. The fourth-order valence-electron chi connectivity index (χ4n) is 2.25. The van der Waals surface area contributed by atoms with Crippen molar-refractivity contribution in [2.24, 2.45) is 0 Å². The molecule has 0 heterocycles. The van der Waals surface area contributed by atoms with Crippen LogP contribution >= 0.6 is 0 Å². The lowest BCUT2D eigenvalue weighted by Crippen LogP contribution is -2.16. The number of hydrogen-bond donors (Lipinski definition) is 0. The third kappa shape index (κ3) is 31.0. The van der Waals surface area contributed by atoms with E-state index in [0.717, 1.165) is 0 Å². The molecule has 0 aliphatic carbocycles. The highest BCUT2D eigenvalue weighted by Gasteiger charge is 1.99. The maximum atomic E-state index is 11.8. The van der Waals surface area contributed by atoms with E-state index in [1.165, 1.54) is 7.11 Å². The molecule has 0 amide bonds. The molecule has 0 aromatic heterocycles. The van der Waals surface area contributed by atoms with Gasteiger partial charge >= 0.3 is 5.97 Å². The van der Waals surface area contributed by atoms with Crippen molar-refractivity contribution < 1.29 is 61.3 Å². The van der Waals surface area contributed by atoms with Crippen LogP contribution in [0.5, 0.6) is 0 Å². The lowest BCUT2D eigenvalue weighted by molar-refractivity contribution is -0.146. The van der Waals surface area contributed by atoms with Crippen LogP contribution in [-0.2, 0) is 56.9 Å². The Bertz CT molecular complexity index is 434. The second-order valence-electron chi connectivity index (χ2n) is 6.83. The zero-order valence-corrected chi connectivity index (χ0v) is 21.6. The fourth-order valence-corrected chi connectivity index (χ4v) is 2.25. The Labute approximate surface area is 213 Å². The summed E-state index contributed by atoms with van der Waals surface area (Å²) >= 11 is 0. The van der Waals surface area contributed by atoms with Gasteiger partial charge in [-0.25, -0.2) is 9.18 Å². The lowest BCUT2D eigenvalue weighted by Gasteiger charge is -2.09. The number of halogens is 1. The molecule has 0 N–H and O–H groups in total. The van der Waals surface area contributed by atoms with Gasteiger partial charge in [0.15, 0.2) is 0 Å². The summed E-state index contributed by atoms with van der Waals surface area (Å²) in [6.07, 6.45) is 0. The first-order valence-electron chi connectivity index (χ1n) is 12.2. The van der Waals surface area contributed by atoms with Crippen molar-refractivity contribution in [3.8, 4) is 0 Å². The number of esters is 1. The molecule has 0 radical (unpaired) electrons. The Hall–Kier alpha value is -1.00. The van der Waals surface area contributed by atoms with Gasteiger partial charge in [-0.2, -0.15) is 0 Å². The van der Waals surface area contributed by atoms with E-state index in [0.29, 0.717) is 119 Å². The molecule has 0 aliphatic rings. The standard InChI is InChI=1S/C23H45FO12/c1-26-23(25)22-36-21-20-35-19-18-34-17-16-33-15-14-32-13-12-31-11-10-30-9-8-29-7-6-28-5-4-27-3-2-24/h2-22H2,1H3. The lowest BCUT2D eigenvalue weighted by atomic mass is 10.6. The molecule has 0 saturated carbocycles. The average molecular weight is 533 g/mol. The molecule has 0 aliphatic heterocycles. The van der Waals surface area contributed by atoms with Gasteiger partial charge in [0.1, 0.15) is 13.3 Å². The molecule has 0 atom stereocenters. The van der Waals surface area contributed by atoms with E-state index in [4.69, 9.17) is 47.4 Å². The van der Waals surface area contributed by atoms with Crippen LogP contribution in [0.4, 0.5) is 4.39 Å². The van der Waals surface area contributed by atoms with Crippen LogP contribution in [0.25, 0.3) is 0 Å². The van der Waals surface area contributed by atoms with Gasteiger partial charge in [-0.15, -0.1) is 0 Å². The quantitative estimate of drug-likeness (QED) is 0.0902. The summed E-state index contributed by atoms with van der Waals surface area (Å²) in [6.45, 7) is 7.80. The van der Waals surface area contributed by atoms with Crippen molar-refractivity contribution in [3.63, 3.8) is 0 Å². The highest BCUT2D eigenvalue weighted by molar-refractivity contribution is 5.70. The molecular weight excluding hydrogens is 487 g/mol. The number of methoxy groups -OCH3 is 1. The maximum absolute atomic E-state index is 11.8. The number of hydrogen-bond acceptors (Lipinski definition) is 12. The predicted octanol–water partition coefficient (Wildman–Crippen LogP) is 0.295. The van der Waals surface area contributed by atoms with E-state index in [2.05, 4.69) is 4.74 Å². The molecule has 0 spiro atoms. The van der Waals surface area contributed by atoms with Crippen molar-refractivity contribution in [2.75, 3.05) is 146 Å². The van der Waals surface area contributed by atoms with Crippen molar-refractivity contribution >= 4 is 5.97 Å². The Morgan fingerprint density at radius 2 is 0.639 bits per heavy atom. The summed E-state index contributed by atoms with van der Waals surface area (Å²) in [7, 11) is 1.31. The number of ether oxygens (including phenoxy) is 11. The molecule has 0 bridgehead atoms. The van der Waals surface area contributed by atoms with Crippen molar-refractivity contribution in [3.05, 3.63) is 0 Å². The van der Waals surface area contributed by atoms with Gasteiger partial charge in [-0.3, -0.25) is 0 Å². The molecule has 0 unspecified atom stereocenters. The summed E-state index contributed by atoms with van der Waals surface area (Å²) in [5, 5.41) is 0. The van der Waals surface area contributed by atoms with Gasteiger partial charge in [0.2, 0.25) is 0 Å². The minimum absolute atomic E-state index is 0.0716. The fraction of sp³-hybridized carbons (Fsp3) is 0.957. The van der Waals surface area contributed by atoms with Crippen LogP contribution in [0.1, 0.15) is 0 Å². The predicted molar refractivity (Wildman–Crippen MR) is 126 cm³/mol. The Morgan fingerprint density at radius 1 is 0.417 bits per heavy atom. The van der Waals surface area contributed by atoms with Crippen molar-refractivity contribution in [1.82, 2.24) is 0 Å². The van der Waals surface area contributed by atoms with Crippen molar-refractivity contribution in [2.45, 2.75) is 0 Å². The van der Waals surface area contributed by atoms with Gasteiger partial charge in [-0.1, -0.05) is 0 Å². The first-order chi connectivity index (χ1) is 17.8. The second kappa shape index (κ2) is 32.0. The normalized spacial score (nSPS) is 11.3. The molecule has 0 rings (SSSR count). The third-order valence-corrected chi connectivity index (χ3v) is 4.02. The molecular formula is C23H45FO12. The topological polar surface area (TPSA) is 119 Å². The first kappa shape index (κ1) is 35.0. The highest BCUT2D eigenvalue weighted by Crippen LogP contribution is 1.87. The number of alkyl halides is 1. The van der Waals surface area contributed by atoms with E-state index in [-0.39, 0.29) is 13.2 Å². The minimum Gasteiger partial charge on any atom is -0.467 e. The van der Waals surface area contributed by atoms with E-state index >= 15 is 0 Å². The number of carbonyl (C=O) groups excluding carboxylic acids is 1. The largest absolute Gasteiger partial charge is 0.467 e. The molecule has 12 nitrogen and oxygen atoms in total. The molecule has 0 fully saturated rings. The average Bonchev–Trinajstić information content (AvgIpc) is 2.89. The molecule has 0 aromatic carbocycles. The van der Waals surface area contributed by atoms with Gasteiger partial charge in [-0.05, 0) is 0 Å². The van der Waals surface area contributed by atoms with Gasteiger partial charge < -0.3 is 52.1 Å². The van der Waals surface area contributed by atoms with Crippen LogP contribution in [0, 0.1) is 0 Å². The van der Waals surface area contributed by atoms with E-state index < -0.39 is 12.6 Å². The monoisotopic (exact) mass is 532 g/mol. The van der Waals surface area contributed by atoms with Crippen LogP contribution < -0.4 is 0 Å². The maximum Gasteiger partial charge on any atom is 0.331 e. The zero-order chi connectivity index (χ0) is 26.2. The highest BCUT2D eigenvalue weighted by atomic mass is 19.1. The van der Waals surface area contributed by atoms with Gasteiger partial charge in [0.25, 0.3) is 0 Å². The smallest absolute Gasteiger partial charge is 0.331 e. The van der Waals surface area contributed by atoms with Crippen LogP contribution in [0.3, 0.4) is 0 Å². The summed E-state index contributed by atoms with van der Waals surface area (Å²) in [4.78, 5) is 10.8. The van der Waals surface area contributed by atoms with Gasteiger partial charge in [0.05, 0.1) is 133 Å². The van der Waals surface area contributed by atoms with E-state index in [1.54, 1.807) is 0 Å². The van der Waals surface area contributed by atoms with Gasteiger partial charge in [0, 0.05) is 0 Å². The zero-order valence-electron chi connectivity index (χ0n) is 21.6. The molecule has 13 heteroatoms. The molecule has 0 saturated heterocycles. The van der Waals surface area contributed by atoms with Crippen LogP contribution in [0.2, 0.25) is 0 Å². The van der Waals surface area contributed by atoms with Crippen LogP contribution in [-0.4, -0.2) is 152 Å².